The predicted molar refractivity (Wildman–Crippen MR) is 105 cm³/mol. The Bertz CT molecular complexity index is 648. The highest BCUT2D eigenvalue weighted by Gasteiger charge is 2.05. The van der Waals surface area contributed by atoms with Crippen LogP contribution < -0.4 is 24.4 Å². The molecule has 0 amide bonds. The maximum Gasteiger partial charge on any atom is 0.215 e. The third-order valence-electron chi connectivity index (χ3n) is 3.93. The summed E-state index contributed by atoms with van der Waals surface area (Å²) in [7, 11) is 1.64. The molecule has 142 valence electrons. The topological polar surface area (TPSA) is 55.9 Å². The van der Waals surface area contributed by atoms with Gasteiger partial charge in [0.2, 0.25) is 5.88 Å². The number of aromatic nitrogens is 1. The Kier molecular flexibility index (Phi) is 8.55. The molecule has 0 saturated carbocycles. The van der Waals surface area contributed by atoms with Crippen LogP contribution >= 0.6 is 0 Å². The van der Waals surface area contributed by atoms with E-state index in [0.717, 1.165) is 43.5 Å². The summed E-state index contributed by atoms with van der Waals surface area (Å²) in [6.07, 6.45) is 0. The van der Waals surface area contributed by atoms with E-state index in [2.05, 4.69) is 29.0 Å². The zero-order valence-corrected chi connectivity index (χ0v) is 15.9. The second-order valence-electron chi connectivity index (χ2n) is 5.60. The van der Waals surface area contributed by atoms with Gasteiger partial charge in [0.15, 0.2) is 11.5 Å². The average Bonchev–Trinajstić information content (AvgIpc) is 2.69. The zero-order chi connectivity index (χ0) is 18.6. The number of ether oxygens (including phenoxy) is 3. The quantitative estimate of drug-likeness (QED) is 0.588. The molecular weight excluding hydrogens is 330 g/mol. The summed E-state index contributed by atoms with van der Waals surface area (Å²) in [4.78, 5) is 6.74. The SMILES string of the molecule is CCN(CC)c1cccc(OCCNCCOc2ccccc2OC)n1. The van der Waals surface area contributed by atoms with Crippen LogP contribution in [0.2, 0.25) is 0 Å². The standard InChI is InChI=1S/C20H29N3O3/c1-4-23(5-2)19-11-8-12-20(22-19)26-16-14-21-13-15-25-18-10-7-6-9-17(18)24-3/h6-12,21H,4-5,13-16H2,1-3H3. The van der Waals surface area contributed by atoms with Crippen LogP contribution in [0.15, 0.2) is 42.5 Å². The van der Waals surface area contributed by atoms with E-state index in [-0.39, 0.29) is 0 Å². The van der Waals surface area contributed by atoms with Gasteiger partial charge in [0.05, 0.1) is 7.11 Å². The summed E-state index contributed by atoms with van der Waals surface area (Å²) in [5.41, 5.74) is 0. The first kappa shape index (κ1) is 19.8. The van der Waals surface area contributed by atoms with Crippen LogP contribution in [-0.2, 0) is 0 Å². The summed E-state index contributed by atoms with van der Waals surface area (Å²) >= 11 is 0. The van der Waals surface area contributed by atoms with Crippen molar-refractivity contribution in [2.75, 3.05) is 51.4 Å². The van der Waals surface area contributed by atoms with Gasteiger partial charge in [-0.25, -0.2) is 0 Å². The number of nitrogens with one attached hydrogen (secondary N) is 1. The third kappa shape index (κ3) is 6.11. The van der Waals surface area contributed by atoms with Crippen molar-refractivity contribution in [1.82, 2.24) is 10.3 Å². The molecule has 2 aromatic rings. The Labute approximate surface area is 156 Å². The van der Waals surface area contributed by atoms with Crippen LogP contribution in [0.1, 0.15) is 13.8 Å². The maximum absolute atomic E-state index is 5.73. The monoisotopic (exact) mass is 359 g/mol. The van der Waals surface area contributed by atoms with Gasteiger partial charge in [0.25, 0.3) is 0 Å². The van der Waals surface area contributed by atoms with Crippen LogP contribution in [0.3, 0.4) is 0 Å². The first-order chi connectivity index (χ1) is 12.8. The van der Waals surface area contributed by atoms with Crippen LogP contribution in [0, 0.1) is 0 Å². The molecule has 0 aliphatic heterocycles. The molecule has 0 fully saturated rings. The van der Waals surface area contributed by atoms with Crippen molar-refractivity contribution in [3.8, 4) is 17.4 Å². The Balaban J connectivity index is 1.64. The minimum atomic E-state index is 0.559. The highest BCUT2D eigenvalue weighted by Crippen LogP contribution is 2.25. The lowest BCUT2D eigenvalue weighted by Gasteiger charge is -2.20. The predicted octanol–water partition coefficient (Wildman–Crippen LogP) is 2.98. The summed E-state index contributed by atoms with van der Waals surface area (Å²) < 4.78 is 16.7. The molecule has 6 nitrogen and oxygen atoms in total. The van der Waals surface area contributed by atoms with E-state index in [1.54, 1.807) is 7.11 Å². The molecule has 0 aliphatic rings. The van der Waals surface area contributed by atoms with Crippen molar-refractivity contribution in [2.24, 2.45) is 0 Å². The van der Waals surface area contributed by atoms with E-state index in [1.165, 1.54) is 0 Å². The molecule has 0 aliphatic carbocycles. The number of para-hydroxylation sites is 2. The summed E-state index contributed by atoms with van der Waals surface area (Å²) in [5, 5.41) is 3.29. The minimum Gasteiger partial charge on any atom is -0.493 e. The number of methoxy groups -OCH3 is 1. The van der Waals surface area contributed by atoms with Gasteiger partial charge in [-0.1, -0.05) is 18.2 Å². The molecule has 0 saturated heterocycles. The van der Waals surface area contributed by atoms with Crippen LogP contribution in [0.25, 0.3) is 0 Å². The Morgan fingerprint density at radius 1 is 0.885 bits per heavy atom. The maximum atomic E-state index is 5.73. The average molecular weight is 359 g/mol. The molecule has 0 spiro atoms. The van der Waals surface area contributed by atoms with E-state index in [0.29, 0.717) is 19.1 Å². The second-order valence-corrected chi connectivity index (χ2v) is 5.60. The Morgan fingerprint density at radius 2 is 1.58 bits per heavy atom. The van der Waals surface area contributed by atoms with Gasteiger partial charge in [0, 0.05) is 32.2 Å². The molecule has 1 heterocycles. The van der Waals surface area contributed by atoms with Crippen molar-refractivity contribution in [3.05, 3.63) is 42.5 Å². The van der Waals surface area contributed by atoms with Gasteiger partial charge < -0.3 is 24.4 Å². The summed E-state index contributed by atoms with van der Waals surface area (Å²) in [6.45, 7) is 8.69. The highest BCUT2D eigenvalue weighted by atomic mass is 16.5. The van der Waals surface area contributed by atoms with Gasteiger partial charge in [-0.05, 0) is 32.0 Å². The number of benzene rings is 1. The Morgan fingerprint density at radius 3 is 2.27 bits per heavy atom. The number of anilines is 1. The van der Waals surface area contributed by atoms with Gasteiger partial charge in [0.1, 0.15) is 19.0 Å². The first-order valence-electron chi connectivity index (χ1n) is 9.09. The van der Waals surface area contributed by atoms with Crippen molar-refractivity contribution < 1.29 is 14.2 Å². The van der Waals surface area contributed by atoms with Gasteiger partial charge >= 0.3 is 0 Å². The van der Waals surface area contributed by atoms with Crippen molar-refractivity contribution >= 4 is 5.82 Å². The van der Waals surface area contributed by atoms with Gasteiger partial charge in [-0.15, -0.1) is 0 Å². The van der Waals surface area contributed by atoms with Crippen LogP contribution in [-0.4, -0.2) is 51.5 Å². The lowest BCUT2D eigenvalue weighted by Crippen LogP contribution is -2.26. The number of hydrogen-bond acceptors (Lipinski definition) is 6. The lowest BCUT2D eigenvalue weighted by molar-refractivity contribution is 0.275. The van der Waals surface area contributed by atoms with Crippen LogP contribution in [0.4, 0.5) is 5.82 Å². The fourth-order valence-corrected chi connectivity index (χ4v) is 2.53. The van der Waals surface area contributed by atoms with Gasteiger partial charge in [-0.2, -0.15) is 4.98 Å². The van der Waals surface area contributed by atoms with E-state index >= 15 is 0 Å². The van der Waals surface area contributed by atoms with Crippen molar-refractivity contribution in [1.29, 1.82) is 0 Å². The largest absolute Gasteiger partial charge is 0.493 e. The minimum absolute atomic E-state index is 0.559. The highest BCUT2D eigenvalue weighted by molar-refractivity contribution is 5.40. The molecule has 6 heteroatoms. The van der Waals surface area contributed by atoms with Crippen molar-refractivity contribution in [2.45, 2.75) is 13.8 Å². The molecule has 26 heavy (non-hydrogen) atoms. The fourth-order valence-electron chi connectivity index (χ4n) is 2.53. The van der Waals surface area contributed by atoms with E-state index in [1.807, 2.05) is 42.5 Å². The number of pyridine rings is 1. The number of hydrogen-bond donors (Lipinski definition) is 1. The summed E-state index contributed by atoms with van der Waals surface area (Å²) in [5.74, 6) is 3.10. The second kappa shape index (κ2) is 11.2. The Hall–Kier alpha value is -2.47. The normalized spacial score (nSPS) is 10.4. The number of nitrogens with zero attached hydrogens (tertiary/aromatic N) is 2. The smallest absolute Gasteiger partial charge is 0.215 e. The zero-order valence-electron chi connectivity index (χ0n) is 15.9. The molecule has 2 rings (SSSR count). The molecule has 1 N–H and O–H groups in total. The first-order valence-corrected chi connectivity index (χ1v) is 9.09. The van der Waals surface area contributed by atoms with E-state index in [4.69, 9.17) is 14.2 Å². The summed E-state index contributed by atoms with van der Waals surface area (Å²) in [6, 6.07) is 13.5. The molecule has 0 radical (unpaired) electrons. The van der Waals surface area contributed by atoms with Gasteiger partial charge in [-0.3, -0.25) is 0 Å². The number of rotatable bonds is 12. The molecule has 1 aromatic carbocycles. The van der Waals surface area contributed by atoms with E-state index < -0.39 is 0 Å². The van der Waals surface area contributed by atoms with E-state index in [9.17, 15) is 0 Å². The fraction of sp³-hybridized carbons (Fsp3) is 0.450. The molecular formula is C20H29N3O3. The molecule has 0 atom stereocenters. The molecule has 1 aromatic heterocycles. The molecule has 0 bridgehead atoms. The van der Waals surface area contributed by atoms with Crippen molar-refractivity contribution in [3.63, 3.8) is 0 Å². The third-order valence-corrected chi connectivity index (χ3v) is 3.93. The molecule has 0 unspecified atom stereocenters. The van der Waals surface area contributed by atoms with Crippen LogP contribution in [0.5, 0.6) is 17.4 Å². The lowest BCUT2D eigenvalue weighted by atomic mass is 10.3.